The molecule has 0 saturated heterocycles. The second-order valence-electron chi connectivity index (χ2n) is 4.94. The molecule has 2 aromatic rings. The molecule has 3 N–H and O–H groups in total. The van der Waals surface area contributed by atoms with Gasteiger partial charge in [0.25, 0.3) is 0 Å². The number of ether oxygens (including phenoxy) is 1. The fourth-order valence-corrected chi connectivity index (χ4v) is 1.87. The third-order valence-corrected chi connectivity index (χ3v) is 2.71. The van der Waals surface area contributed by atoms with Gasteiger partial charge in [-0.2, -0.15) is 0 Å². The molecule has 0 aliphatic rings. The maximum absolute atomic E-state index is 12.8. The third-order valence-electron chi connectivity index (χ3n) is 2.71. The van der Waals surface area contributed by atoms with E-state index in [2.05, 4.69) is 5.32 Å². The van der Waals surface area contributed by atoms with E-state index in [-0.39, 0.29) is 11.9 Å². The Kier molecular flexibility index (Phi) is 4.45. The summed E-state index contributed by atoms with van der Waals surface area (Å²) in [6.07, 6.45) is 0.0988. The Morgan fingerprint density at radius 3 is 2.50 bits per heavy atom. The van der Waals surface area contributed by atoms with Crippen molar-refractivity contribution in [3.05, 3.63) is 53.8 Å². The molecule has 0 spiro atoms. The van der Waals surface area contributed by atoms with Gasteiger partial charge in [-0.05, 0) is 37.6 Å². The smallest absolute Gasteiger partial charge is 0.123 e. The van der Waals surface area contributed by atoms with Crippen LogP contribution >= 0.6 is 0 Å². The number of anilines is 2. The molecule has 0 unspecified atom stereocenters. The summed E-state index contributed by atoms with van der Waals surface area (Å²) in [6, 6.07) is 11.9. The molecule has 0 heterocycles. The van der Waals surface area contributed by atoms with Crippen molar-refractivity contribution in [1.82, 2.24) is 0 Å². The van der Waals surface area contributed by atoms with Gasteiger partial charge in [0.15, 0.2) is 0 Å². The number of halogens is 1. The Labute approximate surface area is 118 Å². The molecule has 0 aliphatic carbocycles. The Morgan fingerprint density at radius 2 is 1.85 bits per heavy atom. The second kappa shape index (κ2) is 6.28. The molecule has 0 bridgehead atoms. The SMILES string of the molecule is CC(C)Oc1cc(N)cc(NCc2ccc(F)cc2)c1. The van der Waals surface area contributed by atoms with Crippen LogP contribution in [0.25, 0.3) is 0 Å². The molecule has 0 saturated carbocycles. The van der Waals surface area contributed by atoms with Crippen LogP contribution in [-0.4, -0.2) is 6.10 Å². The van der Waals surface area contributed by atoms with E-state index < -0.39 is 0 Å². The molecule has 2 aromatic carbocycles. The molecule has 0 aliphatic heterocycles. The first-order valence-corrected chi connectivity index (χ1v) is 6.58. The summed E-state index contributed by atoms with van der Waals surface area (Å²) in [5, 5.41) is 3.25. The van der Waals surface area contributed by atoms with Gasteiger partial charge in [-0.1, -0.05) is 12.1 Å². The Morgan fingerprint density at radius 1 is 1.15 bits per heavy atom. The van der Waals surface area contributed by atoms with Gasteiger partial charge in [0.2, 0.25) is 0 Å². The lowest BCUT2D eigenvalue weighted by Crippen LogP contribution is -2.07. The predicted octanol–water partition coefficient (Wildman–Crippen LogP) is 3.81. The molecule has 0 aromatic heterocycles. The fraction of sp³-hybridized carbons (Fsp3) is 0.250. The van der Waals surface area contributed by atoms with E-state index in [1.807, 2.05) is 26.0 Å². The zero-order chi connectivity index (χ0) is 14.5. The van der Waals surface area contributed by atoms with Crippen molar-refractivity contribution in [2.24, 2.45) is 0 Å². The van der Waals surface area contributed by atoms with Gasteiger partial charge in [0, 0.05) is 30.1 Å². The number of benzene rings is 2. The van der Waals surface area contributed by atoms with E-state index >= 15 is 0 Å². The minimum Gasteiger partial charge on any atom is -0.491 e. The van der Waals surface area contributed by atoms with E-state index in [0.717, 1.165) is 17.0 Å². The number of hydrogen-bond donors (Lipinski definition) is 2. The fourth-order valence-electron chi connectivity index (χ4n) is 1.87. The van der Waals surface area contributed by atoms with Gasteiger partial charge in [0.05, 0.1) is 6.10 Å². The van der Waals surface area contributed by atoms with Crippen molar-refractivity contribution in [2.75, 3.05) is 11.1 Å². The van der Waals surface area contributed by atoms with Crippen LogP contribution in [0.2, 0.25) is 0 Å². The second-order valence-corrected chi connectivity index (χ2v) is 4.94. The van der Waals surface area contributed by atoms with E-state index in [4.69, 9.17) is 10.5 Å². The first kappa shape index (κ1) is 14.2. The molecular formula is C16H19FN2O. The summed E-state index contributed by atoms with van der Waals surface area (Å²) >= 11 is 0. The third kappa shape index (κ3) is 4.16. The molecule has 4 heteroatoms. The summed E-state index contributed by atoms with van der Waals surface area (Å²) in [6.45, 7) is 4.54. The Bertz CT molecular complexity index is 567. The summed E-state index contributed by atoms with van der Waals surface area (Å²) in [5.74, 6) is 0.506. The van der Waals surface area contributed by atoms with Gasteiger partial charge in [-0.25, -0.2) is 4.39 Å². The van der Waals surface area contributed by atoms with Crippen molar-refractivity contribution in [2.45, 2.75) is 26.5 Å². The van der Waals surface area contributed by atoms with Gasteiger partial charge < -0.3 is 15.8 Å². The molecule has 106 valence electrons. The summed E-state index contributed by atoms with van der Waals surface area (Å²) in [4.78, 5) is 0. The van der Waals surface area contributed by atoms with E-state index in [1.165, 1.54) is 12.1 Å². The summed E-state index contributed by atoms with van der Waals surface area (Å²) in [5.41, 5.74) is 8.38. The van der Waals surface area contributed by atoms with Crippen LogP contribution in [0, 0.1) is 5.82 Å². The van der Waals surface area contributed by atoms with Crippen molar-refractivity contribution in [1.29, 1.82) is 0 Å². The van der Waals surface area contributed by atoms with Gasteiger partial charge >= 0.3 is 0 Å². The van der Waals surface area contributed by atoms with Crippen molar-refractivity contribution >= 4 is 11.4 Å². The van der Waals surface area contributed by atoms with Crippen molar-refractivity contribution in [3.8, 4) is 5.75 Å². The van der Waals surface area contributed by atoms with Crippen LogP contribution in [0.15, 0.2) is 42.5 Å². The predicted molar refractivity (Wildman–Crippen MR) is 80.3 cm³/mol. The Hall–Kier alpha value is -2.23. The molecule has 2 rings (SSSR count). The highest BCUT2D eigenvalue weighted by Gasteiger charge is 2.02. The minimum atomic E-state index is -0.231. The van der Waals surface area contributed by atoms with E-state index in [0.29, 0.717) is 12.2 Å². The van der Waals surface area contributed by atoms with E-state index in [9.17, 15) is 4.39 Å². The zero-order valence-electron chi connectivity index (χ0n) is 11.7. The first-order chi connectivity index (χ1) is 9.52. The highest BCUT2D eigenvalue weighted by molar-refractivity contribution is 5.59. The molecule has 20 heavy (non-hydrogen) atoms. The highest BCUT2D eigenvalue weighted by atomic mass is 19.1. The van der Waals surface area contributed by atoms with Crippen LogP contribution in [-0.2, 0) is 6.54 Å². The number of hydrogen-bond acceptors (Lipinski definition) is 3. The number of nitrogens with one attached hydrogen (secondary N) is 1. The van der Waals surface area contributed by atoms with Crippen LogP contribution in [0.5, 0.6) is 5.75 Å². The van der Waals surface area contributed by atoms with Crippen LogP contribution < -0.4 is 15.8 Å². The van der Waals surface area contributed by atoms with Gasteiger partial charge in [0.1, 0.15) is 11.6 Å². The van der Waals surface area contributed by atoms with E-state index in [1.54, 1.807) is 18.2 Å². The van der Waals surface area contributed by atoms with Gasteiger partial charge in [-0.3, -0.25) is 0 Å². The monoisotopic (exact) mass is 274 g/mol. The Balaban J connectivity index is 2.05. The van der Waals surface area contributed by atoms with Crippen molar-refractivity contribution in [3.63, 3.8) is 0 Å². The minimum absolute atomic E-state index is 0.0988. The standard InChI is InChI=1S/C16H19FN2O/c1-11(2)20-16-8-14(18)7-15(9-16)19-10-12-3-5-13(17)6-4-12/h3-9,11,19H,10,18H2,1-2H3. The quantitative estimate of drug-likeness (QED) is 0.815. The number of rotatable bonds is 5. The zero-order valence-corrected chi connectivity index (χ0v) is 11.7. The number of nitrogen functional groups attached to an aromatic ring is 1. The lowest BCUT2D eigenvalue weighted by Gasteiger charge is -2.13. The van der Waals surface area contributed by atoms with Crippen LogP contribution in [0.1, 0.15) is 19.4 Å². The molecule has 0 atom stereocenters. The average Bonchev–Trinajstić information content (AvgIpc) is 2.36. The summed E-state index contributed by atoms with van der Waals surface area (Å²) in [7, 11) is 0. The van der Waals surface area contributed by atoms with Crippen molar-refractivity contribution < 1.29 is 9.13 Å². The highest BCUT2D eigenvalue weighted by Crippen LogP contribution is 2.24. The molecule has 0 amide bonds. The average molecular weight is 274 g/mol. The maximum Gasteiger partial charge on any atom is 0.123 e. The lowest BCUT2D eigenvalue weighted by molar-refractivity contribution is 0.242. The molecular weight excluding hydrogens is 255 g/mol. The van der Waals surface area contributed by atoms with Gasteiger partial charge in [-0.15, -0.1) is 0 Å². The molecule has 0 fully saturated rings. The maximum atomic E-state index is 12.8. The first-order valence-electron chi connectivity index (χ1n) is 6.58. The summed E-state index contributed by atoms with van der Waals surface area (Å²) < 4.78 is 18.5. The largest absolute Gasteiger partial charge is 0.491 e. The molecule has 3 nitrogen and oxygen atoms in total. The molecule has 0 radical (unpaired) electrons. The van der Waals surface area contributed by atoms with Crippen LogP contribution in [0.3, 0.4) is 0 Å². The topological polar surface area (TPSA) is 47.3 Å². The normalized spacial score (nSPS) is 10.6. The lowest BCUT2D eigenvalue weighted by atomic mass is 10.2. The van der Waals surface area contributed by atoms with Crippen LogP contribution in [0.4, 0.5) is 15.8 Å². The number of nitrogens with two attached hydrogens (primary N) is 1.